The highest BCUT2D eigenvalue weighted by Crippen LogP contribution is 2.24. The van der Waals surface area contributed by atoms with Gasteiger partial charge in [-0.05, 0) is 48.9 Å². The number of likely N-dealkylation sites (N-methyl/N-ethyl adjacent to an activating group) is 1. The molecule has 0 radical (unpaired) electrons. The molecular formula is C23H32N4O. The molecule has 150 valence electrons. The number of piperazine rings is 1. The van der Waals surface area contributed by atoms with Crippen LogP contribution in [0.1, 0.15) is 31.7 Å². The first kappa shape index (κ1) is 20.2. The number of benzene rings is 2. The lowest BCUT2D eigenvalue weighted by molar-refractivity contribution is -0.115. The number of nitrogens with one attached hydrogen (secondary N) is 2. The van der Waals surface area contributed by atoms with Crippen LogP contribution in [-0.2, 0) is 4.79 Å². The van der Waals surface area contributed by atoms with Crippen molar-refractivity contribution in [3.63, 3.8) is 0 Å². The second-order valence-corrected chi connectivity index (χ2v) is 7.80. The van der Waals surface area contributed by atoms with Crippen LogP contribution in [0.4, 0.5) is 17.1 Å². The third kappa shape index (κ3) is 5.49. The van der Waals surface area contributed by atoms with Crippen LogP contribution in [0.5, 0.6) is 0 Å². The summed E-state index contributed by atoms with van der Waals surface area (Å²) in [4.78, 5) is 17.1. The van der Waals surface area contributed by atoms with E-state index in [1.165, 1.54) is 11.3 Å². The number of nitrogens with zero attached hydrogens (tertiary/aromatic N) is 2. The molecule has 1 aliphatic heterocycles. The molecule has 28 heavy (non-hydrogen) atoms. The summed E-state index contributed by atoms with van der Waals surface area (Å²) >= 11 is 0. The number of rotatable bonds is 7. The molecule has 3 rings (SSSR count). The predicted octanol–water partition coefficient (Wildman–Crippen LogP) is 4.00. The monoisotopic (exact) mass is 380 g/mol. The Kier molecular flexibility index (Phi) is 6.93. The molecule has 0 atom stereocenters. The lowest BCUT2D eigenvalue weighted by Gasteiger charge is -2.34. The summed E-state index contributed by atoms with van der Waals surface area (Å²) < 4.78 is 0. The Hall–Kier alpha value is -2.53. The van der Waals surface area contributed by atoms with Crippen molar-refractivity contribution in [1.82, 2.24) is 4.90 Å². The van der Waals surface area contributed by atoms with E-state index in [2.05, 4.69) is 71.7 Å². The maximum absolute atomic E-state index is 12.3. The van der Waals surface area contributed by atoms with Crippen LogP contribution in [0.2, 0.25) is 0 Å². The summed E-state index contributed by atoms with van der Waals surface area (Å²) in [6.07, 6.45) is 0.437. The van der Waals surface area contributed by atoms with Gasteiger partial charge in [0.2, 0.25) is 5.91 Å². The van der Waals surface area contributed by atoms with E-state index in [0.717, 1.165) is 37.6 Å². The highest BCUT2D eigenvalue weighted by atomic mass is 16.1. The summed E-state index contributed by atoms with van der Waals surface area (Å²) in [7, 11) is 2.17. The molecule has 5 heteroatoms. The van der Waals surface area contributed by atoms with Crippen molar-refractivity contribution in [3.8, 4) is 0 Å². The van der Waals surface area contributed by atoms with Crippen molar-refractivity contribution in [1.29, 1.82) is 0 Å². The van der Waals surface area contributed by atoms with Crippen molar-refractivity contribution in [2.75, 3.05) is 55.3 Å². The maximum Gasteiger partial charge on any atom is 0.226 e. The number of hydrogen-bond acceptors (Lipinski definition) is 4. The van der Waals surface area contributed by atoms with Crippen LogP contribution in [0.25, 0.3) is 0 Å². The smallest absolute Gasteiger partial charge is 0.226 e. The van der Waals surface area contributed by atoms with E-state index in [1.54, 1.807) is 0 Å². The number of carbonyl (C=O) groups excluding carboxylic acids is 1. The van der Waals surface area contributed by atoms with Crippen LogP contribution in [0.15, 0.2) is 48.5 Å². The number of para-hydroxylation sites is 1. The van der Waals surface area contributed by atoms with Gasteiger partial charge in [-0.25, -0.2) is 0 Å². The zero-order chi connectivity index (χ0) is 19.9. The van der Waals surface area contributed by atoms with E-state index in [0.29, 0.717) is 18.9 Å². The fraction of sp³-hybridized carbons (Fsp3) is 0.435. The van der Waals surface area contributed by atoms with Crippen LogP contribution < -0.4 is 15.5 Å². The van der Waals surface area contributed by atoms with E-state index in [-0.39, 0.29) is 5.91 Å². The van der Waals surface area contributed by atoms with E-state index in [9.17, 15) is 4.79 Å². The zero-order valence-electron chi connectivity index (χ0n) is 17.2. The first-order valence-corrected chi connectivity index (χ1v) is 10.2. The van der Waals surface area contributed by atoms with E-state index >= 15 is 0 Å². The largest absolute Gasteiger partial charge is 0.385 e. The molecule has 1 fully saturated rings. The van der Waals surface area contributed by atoms with Crippen molar-refractivity contribution < 1.29 is 4.79 Å². The average Bonchev–Trinajstić information content (AvgIpc) is 2.69. The molecule has 0 saturated carbocycles. The molecule has 0 unspecified atom stereocenters. The van der Waals surface area contributed by atoms with Crippen LogP contribution in [0, 0.1) is 0 Å². The van der Waals surface area contributed by atoms with E-state index in [4.69, 9.17) is 0 Å². The summed E-state index contributed by atoms with van der Waals surface area (Å²) in [6, 6.07) is 16.5. The molecule has 5 nitrogen and oxygen atoms in total. The Bertz CT molecular complexity index is 764. The summed E-state index contributed by atoms with van der Waals surface area (Å²) in [5, 5.41) is 6.39. The van der Waals surface area contributed by atoms with E-state index in [1.807, 2.05) is 18.2 Å². The summed E-state index contributed by atoms with van der Waals surface area (Å²) in [6.45, 7) is 9.24. The Morgan fingerprint density at radius 2 is 1.68 bits per heavy atom. The quantitative estimate of drug-likeness (QED) is 0.762. The molecule has 2 N–H and O–H groups in total. The molecule has 2 aromatic carbocycles. The molecule has 1 saturated heterocycles. The zero-order valence-corrected chi connectivity index (χ0v) is 17.2. The van der Waals surface area contributed by atoms with Gasteiger partial charge in [0.1, 0.15) is 0 Å². The molecule has 1 heterocycles. The normalized spacial score (nSPS) is 14.9. The predicted molar refractivity (Wildman–Crippen MR) is 118 cm³/mol. The molecule has 0 bridgehead atoms. The third-order valence-electron chi connectivity index (χ3n) is 5.27. The SMILES string of the molecule is CC(C)c1ccccc1NC(=O)CCNc1ccc(N2CCN(C)CC2)cc1. The fourth-order valence-corrected chi connectivity index (χ4v) is 3.50. The maximum atomic E-state index is 12.3. The standard InChI is InChI=1S/C23H32N4O/c1-18(2)21-6-4-5-7-22(21)25-23(28)12-13-24-19-8-10-20(11-9-19)27-16-14-26(3)15-17-27/h4-11,18,24H,12-17H2,1-3H3,(H,25,28). The van der Waals surface area contributed by atoms with Crippen molar-refractivity contribution in [2.24, 2.45) is 0 Å². The molecular weight excluding hydrogens is 348 g/mol. The molecule has 1 amide bonds. The molecule has 0 spiro atoms. The fourth-order valence-electron chi connectivity index (χ4n) is 3.50. The number of hydrogen-bond donors (Lipinski definition) is 2. The van der Waals surface area contributed by atoms with Gasteiger partial charge >= 0.3 is 0 Å². The average molecular weight is 381 g/mol. The van der Waals surface area contributed by atoms with Crippen LogP contribution in [-0.4, -0.2) is 50.6 Å². The van der Waals surface area contributed by atoms with Crippen molar-refractivity contribution in [2.45, 2.75) is 26.2 Å². The first-order valence-electron chi connectivity index (χ1n) is 10.2. The highest BCUT2D eigenvalue weighted by molar-refractivity contribution is 5.91. The first-order chi connectivity index (χ1) is 13.5. The van der Waals surface area contributed by atoms with Gasteiger partial charge in [0, 0.05) is 56.2 Å². The molecule has 1 aliphatic rings. The lowest BCUT2D eigenvalue weighted by atomic mass is 10.0. The molecule has 2 aromatic rings. The van der Waals surface area contributed by atoms with Crippen LogP contribution in [0.3, 0.4) is 0 Å². The Labute approximate surface area is 168 Å². The summed E-state index contributed by atoms with van der Waals surface area (Å²) in [5.74, 6) is 0.420. The second-order valence-electron chi connectivity index (χ2n) is 7.80. The highest BCUT2D eigenvalue weighted by Gasteiger charge is 2.14. The van der Waals surface area contributed by atoms with Gasteiger partial charge < -0.3 is 20.4 Å². The minimum absolute atomic E-state index is 0.0367. The van der Waals surface area contributed by atoms with Crippen LogP contribution >= 0.6 is 0 Å². The lowest BCUT2D eigenvalue weighted by Crippen LogP contribution is -2.44. The topological polar surface area (TPSA) is 47.6 Å². The third-order valence-corrected chi connectivity index (χ3v) is 5.27. The number of amides is 1. The molecule has 0 aromatic heterocycles. The van der Waals surface area contributed by atoms with Gasteiger partial charge in [-0.2, -0.15) is 0 Å². The van der Waals surface area contributed by atoms with Gasteiger partial charge in [0.05, 0.1) is 0 Å². The van der Waals surface area contributed by atoms with Crippen molar-refractivity contribution in [3.05, 3.63) is 54.1 Å². The van der Waals surface area contributed by atoms with Gasteiger partial charge in [0.25, 0.3) is 0 Å². The minimum atomic E-state index is 0.0367. The van der Waals surface area contributed by atoms with Gasteiger partial charge in [-0.15, -0.1) is 0 Å². The number of carbonyl (C=O) groups is 1. The Balaban J connectivity index is 1.45. The minimum Gasteiger partial charge on any atom is -0.385 e. The van der Waals surface area contributed by atoms with Crippen molar-refractivity contribution >= 4 is 23.0 Å². The van der Waals surface area contributed by atoms with Gasteiger partial charge in [0.15, 0.2) is 0 Å². The second kappa shape index (κ2) is 9.60. The van der Waals surface area contributed by atoms with Gasteiger partial charge in [-0.1, -0.05) is 32.0 Å². The Morgan fingerprint density at radius 3 is 2.36 bits per heavy atom. The van der Waals surface area contributed by atoms with E-state index < -0.39 is 0 Å². The van der Waals surface area contributed by atoms with Gasteiger partial charge in [-0.3, -0.25) is 4.79 Å². The molecule has 0 aliphatic carbocycles. The number of anilines is 3. The Morgan fingerprint density at radius 1 is 1.00 bits per heavy atom. The summed E-state index contributed by atoms with van der Waals surface area (Å²) in [5.41, 5.74) is 4.40.